The Hall–Kier alpha value is -3.81. The Bertz CT molecular complexity index is 1460. The zero-order valence-corrected chi connectivity index (χ0v) is 21.6. The number of nitrogens with zero attached hydrogens (tertiary/aromatic N) is 4. The Kier molecular flexibility index (Phi) is 6.32. The molecule has 0 unspecified atom stereocenters. The van der Waals surface area contributed by atoms with E-state index in [-0.39, 0.29) is 18.4 Å². The summed E-state index contributed by atoms with van der Waals surface area (Å²) in [4.78, 5) is 37.5. The van der Waals surface area contributed by atoms with Gasteiger partial charge in [0.15, 0.2) is 0 Å². The van der Waals surface area contributed by atoms with Gasteiger partial charge in [0, 0.05) is 43.7 Å². The quantitative estimate of drug-likeness (QED) is 0.334. The molecule has 1 fully saturated rings. The summed E-state index contributed by atoms with van der Waals surface area (Å²) in [5, 5.41) is 2.73. The Morgan fingerprint density at radius 3 is 2.41 bits per heavy atom. The van der Waals surface area contributed by atoms with Crippen LogP contribution < -0.4 is 4.90 Å². The van der Waals surface area contributed by atoms with Gasteiger partial charge in [-0.1, -0.05) is 66.2 Å². The molecule has 6 nitrogen and oxygen atoms in total. The third-order valence-corrected chi connectivity index (χ3v) is 7.93. The molecule has 3 heterocycles. The molecule has 2 amide bonds. The second-order valence-corrected chi connectivity index (χ2v) is 10.6. The first-order valence-electron chi connectivity index (χ1n) is 12.6. The fourth-order valence-corrected chi connectivity index (χ4v) is 5.99. The lowest BCUT2D eigenvalue weighted by Crippen LogP contribution is -2.46. The molecule has 3 aromatic carbocycles. The lowest BCUT2D eigenvalue weighted by Gasteiger charge is -2.36. The van der Waals surface area contributed by atoms with Gasteiger partial charge in [0.05, 0.1) is 29.1 Å². The maximum absolute atomic E-state index is 13.5. The molecule has 186 valence electrons. The number of aromatic nitrogens is 1. The first-order chi connectivity index (χ1) is 18.1. The summed E-state index contributed by atoms with van der Waals surface area (Å²) in [6.07, 6.45) is 0. The second-order valence-electron chi connectivity index (χ2n) is 9.64. The van der Waals surface area contributed by atoms with E-state index in [9.17, 15) is 9.59 Å². The predicted molar refractivity (Wildman–Crippen MR) is 147 cm³/mol. The van der Waals surface area contributed by atoms with E-state index in [4.69, 9.17) is 4.98 Å². The smallest absolute Gasteiger partial charge is 0.264 e. The molecular formula is C30H28N4O2S. The van der Waals surface area contributed by atoms with Crippen LogP contribution in [0, 0.1) is 6.92 Å². The molecule has 0 atom stereocenters. The van der Waals surface area contributed by atoms with Crippen LogP contribution in [0.1, 0.15) is 36.9 Å². The van der Waals surface area contributed by atoms with Gasteiger partial charge in [-0.25, -0.2) is 4.98 Å². The van der Waals surface area contributed by atoms with Crippen molar-refractivity contribution in [3.05, 3.63) is 105 Å². The molecule has 4 aromatic rings. The molecule has 0 bridgehead atoms. The summed E-state index contributed by atoms with van der Waals surface area (Å²) in [6.45, 7) is 6.68. The lowest BCUT2D eigenvalue weighted by atomic mass is 10.1. The average molecular weight is 509 g/mol. The van der Waals surface area contributed by atoms with E-state index in [0.29, 0.717) is 11.1 Å². The topological polar surface area (TPSA) is 56.8 Å². The summed E-state index contributed by atoms with van der Waals surface area (Å²) in [6, 6.07) is 24.2. The summed E-state index contributed by atoms with van der Waals surface area (Å²) < 4.78 is 0. The summed E-state index contributed by atoms with van der Waals surface area (Å²) in [5.41, 5.74) is 6.36. The Labute approximate surface area is 220 Å². The summed E-state index contributed by atoms with van der Waals surface area (Å²) in [5.74, 6) is -0.467. The Morgan fingerprint density at radius 1 is 0.838 bits per heavy atom. The van der Waals surface area contributed by atoms with Crippen LogP contribution in [0.25, 0.3) is 11.3 Å². The molecule has 7 heteroatoms. The van der Waals surface area contributed by atoms with E-state index in [0.717, 1.165) is 54.7 Å². The number of carbonyl (C=O) groups excluding carboxylic acids is 2. The minimum absolute atomic E-state index is 0.188. The van der Waals surface area contributed by atoms with E-state index >= 15 is 0 Å². The lowest BCUT2D eigenvalue weighted by molar-refractivity contribution is 0.0642. The van der Waals surface area contributed by atoms with Crippen molar-refractivity contribution in [2.75, 3.05) is 31.1 Å². The number of aryl methyl sites for hydroxylation is 1. The van der Waals surface area contributed by atoms with Crippen LogP contribution in [-0.4, -0.2) is 52.8 Å². The second kappa shape index (κ2) is 9.92. The number of piperazine rings is 1. The third-order valence-electron chi connectivity index (χ3n) is 7.09. The van der Waals surface area contributed by atoms with Crippen LogP contribution >= 0.6 is 11.3 Å². The third kappa shape index (κ3) is 4.68. The molecule has 37 heavy (non-hydrogen) atoms. The monoisotopic (exact) mass is 508 g/mol. The van der Waals surface area contributed by atoms with Crippen molar-refractivity contribution in [1.82, 2.24) is 14.8 Å². The van der Waals surface area contributed by atoms with Crippen molar-refractivity contribution >= 4 is 28.8 Å². The van der Waals surface area contributed by atoms with Gasteiger partial charge in [0.25, 0.3) is 11.8 Å². The number of imide groups is 1. The van der Waals surface area contributed by atoms with E-state index in [1.54, 1.807) is 6.07 Å². The molecule has 6 rings (SSSR count). The van der Waals surface area contributed by atoms with Crippen LogP contribution in [0.4, 0.5) is 5.69 Å². The van der Waals surface area contributed by atoms with Crippen LogP contribution in [0.2, 0.25) is 0 Å². The first-order valence-corrected chi connectivity index (χ1v) is 13.5. The SMILES string of the molecule is Cc1cccc(CN2CCN(c3cccc4c3C(=O)N(Cc3nc(-c5ccccc5)cs3)C4=O)CC2)c1. The minimum atomic E-state index is -0.239. The van der Waals surface area contributed by atoms with E-state index in [1.807, 2.05) is 47.8 Å². The molecule has 1 saturated heterocycles. The highest BCUT2D eigenvalue weighted by molar-refractivity contribution is 7.10. The standard InChI is InChI=1S/C30H28N4O2S/c1-21-7-5-8-22(17-21)18-32-13-15-33(16-14-32)26-12-6-11-24-28(26)30(36)34(29(24)35)19-27-31-25(20-37-27)23-9-3-2-4-10-23/h2-12,17,20H,13-16,18-19H2,1H3. The fourth-order valence-electron chi connectivity index (χ4n) is 5.20. The molecule has 0 spiro atoms. The maximum Gasteiger partial charge on any atom is 0.264 e. The number of rotatable bonds is 6. The van der Waals surface area contributed by atoms with E-state index < -0.39 is 0 Å². The van der Waals surface area contributed by atoms with Gasteiger partial charge in [0.2, 0.25) is 0 Å². The zero-order valence-electron chi connectivity index (χ0n) is 20.8. The normalized spacial score (nSPS) is 15.9. The average Bonchev–Trinajstić information content (AvgIpc) is 3.49. The van der Waals surface area contributed by atoms with Crippen molar-refractivity contribution in [2.24, 2.45) is 0 Å². The zero-order chi connectivity index (χ0) is 25.4. The van der Waals surface area contributed by atoms with Crippen molar-refractivity contribution in [3.63, 3.8) is 0 Å². The molecule has 0 radical (unpaired) electrons. The summed E-state index contributed by atoms with van der Waals surface area (Å²) in [7, 11) is 0. The van der Waals surface area contributed by atoms with Gasteiger partial charge >= 0.3 is 0 Å². The van der Waals surface area contributed by atoms with Crippen LogP contribution in [0.3, 0.4) is 0 Å². The van der Waals surface area contributed by atoms with Crippen molar-refractivity contribution in [2.45, 2.75) is 20.0 Å². The van der Waals surface area contributed by atoms with Crippen molar-refractivity contribution < 1.29 is 9.59 Å². The van der Waals surface area contributed by atoms with Crippen molar-refractivity contribution in [3.8, 4) is 11.3 Å². The van der Waals surface area contributed by atoms with Gasteiger partial charge in [-0.3, -0.25) is 19.4 Å². The Morgan fingerprint density at radius 2 is 1.62 bits per heavy atom. The number of fused-ring (bicyclic) bond motifs is 1. The molecule has 1 aromatic heterocycles. The number of carbonyl (C=O) groups is 2. The van der Waals surface area contributed by atoms with Gasteiger partial charge in [-0.2, -0.15) is 0 Å². The van der Waals surface area contributed by atoms with Crippen LogP contribution in [0.5, 0.6) is 0 Å². The number of hydrogen-bond donors (Lipinski definition) is 0. The maximum atomic E-state index is 13.5. The van der Waals surface area contributed by atoms with Crippen LogP contribution in [-0.2, 0) is 13.1 Å². The van der Waals surface area contributed by atoms with Crippen LogP contribution in [0.15, 0.2) is 78.2 Å². The molecule has 2 aliphatic rings. The van der Waals surface area contributed by atoms with Gasteiger partial charge in [-0.15, -0.1) is 11.3 Å². The fraction of sp³-hybridized carbons (Fsp3) is 0.233. The number of anilines is 1. The van der Waals surface area contributed by atoms with Gasteiger partial charge < -0.3 is 4.90 Å². The highest BCUT2D eigenvalue weighted by Crippen LogP contribution is 2.34. The largest absolute Gasteiger partial charge is 0.368 e. The molecule has 0 saturated carbocycles. The number of amides is 2. The number of hydrogen-bond acceptors (Lipinski definition) is 6. The Balaban J connectivity index is 1.16. The minimum Gasteiger partial charge on any atom is -0.368 e. The van der Waals surface area contributed by atoms with Gasteiger partial charge in [-0.05, 0) is 24.6 Å². The summed E-state index contributed by atoms with van der Waals surface area (Å²) >= 11 is 1.47. The molecular weight excluding hydrogens is 480 g/mol. The van der Waals surface area contributed by atoms with E-state index in [1.165, 1.54) is 27.4 Å². The molecule has 0 aliphatic carbocycles. The molecule has 2 aliphatic heterocycles. The number of thiazole rings is 1. The predicted octanol–water partition coefficient (Wildman–Crippen LogP) is 5.24. The highest BCUT2D eigenvalue weighted by Gasteiger charge is 2.39. The van der Waals surface area contributed by atoms with Crippen molar-refractivity contribution in [1.29, 1.82) is 0 Å². The highest BCUT2D eigenvalue weighted by atomic mass is 32.1. The first kappa shape index (κ1) is 23.6. The van der Waals surface area contributed by atoms with E-state index in [2.05, 4.69) is 41.0 Å². The van der Waals surface area contributed by atoms with Gasteiger partial charge in [0.1, 0.15) is 5.01 Å². The molecule has 0 N–H and O–H groups in total. The number of benzene rings is 3.